The van der Waals surface area contributed by atoms with Crippen LogP contribution >= 0.6 is 0 Å². The minimum Gasteiger partial charge on any atom is -0.383 e. The molecule has 5 nitrogen and oxygen atoms in total. The minimum absolute atomic E-state index is 0.399. The van der Waals surface area contributed by atoms with Gasteiger partial charge in [-0.3, -0.25) is 4.98 Å². The molecule has 1 unspecified atom stereocenters. The first-order valence-electron chi connectivity index (χ1n) is 9.05. The molecule has 3 N–H and O–H groups in total. The lowest BCUT2D eigenvalue weighted by Gasteiger charge is -2.15. The van der Waals surface area contributed by atoms with Crippen LogP contribution in [0.4, 0.5) is 11.8 Å². The van der Waals surface area contributed by atoms with Crippen molar-refractivity contribution in [3.8, 4) is 0 Å². The molecule has 0 bridgehead atoms. The Morgan fingerprint density at radius 1 is 1.12 bits per heavy atom. The smallest absolute Gasteiger partial charge is 0.225 e. The van der Waals surface area contributed by atoms with Gasteiger partial charge in [-0.2, -0.15) is 4.98 Å². The van der Waals surface area contributed by atoms with Crippen LogP contribution in [0.25, 0.3) is 0 Å². The number of anilines is 2. The predicted molar refractivity (Wildman–Crippen MR) is 104 cm³/mol. The largest absolute Gasteiger partial charge is 0.383 e. The fourth-order valence-electron chi connectivity index (χ4n) is 3.69. The molecule has 2 aromatic heterocycles. The molecule has 0 amide bonds. The van der Waals surface area contributed by atoms with Crippen molar-refractivity contribution in [2.45, 2.75) is 38.6 Å². The molecule has 1 aliphatic carbocycles. The summed E-state index contributed by atoms with van der Waals surface area (Å²) in [7, 11) is 0. The van der Waals surface area contributed by atoms with Crippen molar-refractivity contribution < 1.29 is 0 Å². The van der Waals surface area contributed by atoms with Crippen LogP contribution in [0.1, 0.15) is 40.4 Å². The molecule has 0 saturated heterocycles. The predicted octanol–water partition coefficient (Wildman–Crippen LogP) is 3.65. The average Bonchev–Trinajstić information content (AvgIpc) is 3.06. The fraction of sp³-hybridized carbons (Fsp3) is 0.286. The van der Waals surface area contributed by atoms with E-state index in [1.54, 1.807) is 6.20 Å². The van der Waals surface area contributed by atoms with E-state index in [1.807, 2.05) is 18.2 Å². The Morgan fingerprint density at radius 3 is 2.77 bits per heavy atom. The molecule has 3 aromatic rings. The molecule has 0 fully saturated rings. The summed E-state index contributed by atoms with van der Waals surface area (Å²) in [6, 6.07) is 14.4. The first-order chi connectivity index (χ1) is 12.7. The molecule has 0 saturated carbocycles. The van der Waals surface area contributed by atoms with Crippen molar-refractivity contribution in [1.82, 2.24) is 15.0 Å². The second-order valence-electron chi connectivity index (χ2n) is 6.83. The molecule has 26 heavy (non-hydrogen) atoms. The zero-order valence-corrected chi connectivity index (χ0v) is 14.9. The lowest BCUT2D eigenvalue weighted by Crippen LogP contribution is -2.11. The molecular formula is C21H23N5. The lowest BCUT2D eigenvalue weighted by molar-refractivity contribution is 0.672. The van der Waals surface area contributed by atoms with Crippen molar-refractivity contribution >= 4 is 11.8 Å². The van der Waals surface area contributed by atoms with Gasteiger partial charge in [0, 0.05) is 11.8 Å². The van der Waals surface area contributed by atoms with Crippen molar-refractivity contribution in [2.75, 3.05) is 11.1 Å². The number of aryl methyl sites for hydroxylation is 2. The number of nitrogens with one attached hydrogen (secondary N) is 1. The fourth-order valence-corrected chi connectivity index (χ4v) is 3.69. The number of aromatic nitrogens is 3. The Morgan fingerprint density at radius 2 is 1.96 bits per heavy atom. The molecule has 1 atom stereocenters. The van der Waals surface area contributed by atoms with Crippen molar-refractivity contribution in [3.63, 3.8) is 0 Å². The molecule has 1 aliphatic rings. The topological polar surface area (TPSA) is 76.7 Å². The van der Waals surface area contributed by atoms with E-state index in [0.717, 1.165) is 36.2 Å². The highest BCUT2D eigenvalue weighted by molar-refractivity contribution is 5.52. The number of hydrogen-bond donors (Lipinski definition) is 2. The molecule has 0 aliphatic heterocycles. The molecular weight excluding hydrogens is 322 g/mol. The van der Waals surface area contributed by atoms with Crippen LogP contribution in [0, 0.1) is 6.92 Å². The van der Waals surface area contributed by atoms with Crippen LogP contribution < -0.4 is 11.1 Å². The maximum Gasteiger partial charge on any atom is 0.225 e. The number of nitrogens with two attached hydrogens (primary N) is 1. The third-order valence-electron chi connectivity index (χ3n) is 5.07. The summed E-state index contributed by atoms with van der Waals surface area (Å²) in [5, 5.41) is 3.24. The summed E-state index contributed by atoms with van der Waals surface area (Å²) >= 11 is 0. The number of rotatable bonds is 5. The molecule has 1 aromatic carbocycles. The van der Waals surface area contributed by atoms with Crippen LogP contribution in [0.15, 0.2) is 48.7 Å². The number of nitrogen functional groups attached to an aromatic ring is 1. The number of nitrogens with zero attached hydrogens (tertiary/aromatic N) is 3. The highest BCUT2D eigenvalue weighted by atomic mass is 15.1. The van der Waals surface area contributed by atoms with Crippen LogP contribution in [-0.2, 0) is 19.4 Å². The van der Waals surface area contributed by atoms with Crippen LogP contribution in [0.5, 0.6) is 0 Å². The van der Waals surface area contributed by atoms with Gasteiger partial charge in [-0.1, -0.05) is 30.3 Å². The van der Waals surface area contributed by atoms with Gasteiger partial charge in [0.05, 0.1) is 17.9 Å². The van der Waals surface area contributed by atoms with E-state index in [-0.39, 0.29) is 0 Å². The summed E-state index contributed by atoms with van der Waals surface area (Å²) in [6.07, 6.45) is 4.81. The Bertz CT molecular complexity index is 908. The molecule has 2 heterocycles. The molecule has 0 radical (unpaired) electrons. The van der Waals surface area contributed by atoms with Gasteiger partial charge in [0.2, 0.25) is 5.95 Å². The van der Waals surface area contributed by atoms with E-state index in [9.17, 15) is 0 Å². The Labute approximate surface area is 153 Å². The molecule has 132 valence electrons. The summed E-state index contributed by atoms with van der Waals surface area (Å²) < 4.78 is 0. The quantitative estimate of drug-likeness (QED) is 0.738. The van der Waals surface area contributed by atoms with Gasteiger partial charge in [0.25, 0.3) is 0 Å². The summed E-state index contributed by atoms with van der Waals surface area (Å²) in [6.45, 7) is 2.75. The van der Waals surface area contributed by atoms with E-state index in [0.29, 0.717) is 24.2 Å². The minimum atomic E-state index is 0.399. The normalized spacial score (nSPS) is 15.7. The van der Waals surface area contributed by atoms with Crippen molar-refractivity contribution in [3.05, 3.63) is 76.7 Å². The van der Waals surface area contributed by atoms with E-state index in [1.165, 1.54) is 11.1 Å². The van der Waals surface area contributed by atoms with Gasteiger partial charge in [-0.25, -0.2) is 4.98 Å². The van der Waals surface area contributed by atoms with Gasteiger partial charge < -0.3 is 11.1 Å². The Kier molecular flexibility index (Phi) is 4.52. The highest BCUT2D eigenvalue weighted by Gasteiger charge is 2.28. The van der Waals surface area contributed by atoms with E-state index in [2.05, 4.69) is 46.5 Å². The number of pyridine rings is 1. The SMILES string of the molecule is Cc1ccccc1CC1CCc2nc(NCc3ccccn3)nc(N)c21. The molecule has 5 heteroatoms. The number of benzene rings is 1. The van der Waals surface area contributed by atoms with E-state index >= 15 is 0 Å². The summed E-state index contributed by atoms with van der Waals surface area (Å²) in [5.41, 5.74) is 12.2. The van der Waals surface area contributed by atoms with Crippen LogP contribution in [0.2, 0.25) is 0 Å². The zero-order valence-electron chi connectivity index (χ0n) is 14.9. The van der Waals surface area contributed by atoms with Gasteiger partial charge in [0.1, 0.15) is 5.82 Å². The maximum atomic E-state index is 6.32. The van der Waals surface area contributed by atoms with Crippen molar-refractivity contribution in [2.24, 2.45) is 0 Å². The average molecular weight is 345 g/mol. The van der Waals surface area contributed by atoms with Gasteiger partial charge >= 0.3 is 0 Å². The van der Waals surface area contributed by atoms with Crippen molar-refractivity contribution in [1.29, 1.82) is 0 Å². The maximum absolute atomic E-state index is 6.32. The number of hydrogen-bond acceptors (Lipinski definition) is 5. The van der Waals surface area contributed by atoms with Gasteiger partial charge in [-0.15, -0.1) is 0 Å². The number of fused-ring (bicyclic) bond motifs is 1. The third-order valence-corrected chi connectivity index (χ3v) is 5.07. The molecule has 4 rings (SSSR count). The van der Waals surface area contributed by atoms with Gasteiger partial charge in [-0.05, 0) is 55.4 Å². The lowest BCUT2D eigenvalue weighted by atomic mass is 9.92. The van der Waals surface area contributed by atoms with E-state index in [4.69, 9.17) is 10.7 Å². The summed E-state index contributed by atoms with van der Waals surface area (Å²) in [5.74, 6) is 1.59. The van der Waals surface area contributed by atoms with Crippen LogP contribution in [-0.4, -0.2) is 15.0 Å². The van der Waals surface area contributed by atoms with Gasteiger partial charge in [0.15, 0.2) is 0 Å². The monoisotopic (exact) mass is 345 g/mol. The Hall–Kier alpha value is -2.95. The highest BCUT2D eigenvalue weighted by Crippen LogP contribution is 2.38. The zero-order chi connectivity index (χ0) is 17.9. The van der Waals surface area contributed by atoms with E-state index < -0.39 is 0 Å². The second-order valence-corrected chi connectivity index (χ2v) is 6.83. The third kappa shape index (κ3) is 3.38. The summed E-state index contributed by atoms with van der Waals surface area (Å²) in [4.78, 5) is 13.5. The molecule has 0 spiro atoms. The van der Waals surface area contributed by atoms with Crippen LogP contribution in [0.3, 0.4) is 0 Å². The first-order valence-corrected chi connectivity index (χ1v) is 9.05. The Balaban J connectivity index is 1.52. The standard InChI is InChI=1S/C21H23N5/c1-14-6-2-3-7-15(14)12-16-9-10-18-19(16)20(22)26-21(25-18)24-13-17-8-4-5-11-23-17/h2-8,11,16H,9-10,12-13H2,1H3,(H3,22,24,25,26). The second kappa shape index (κ2) is 7.12. The first kappa shape index (κ1) is 16.5.